The maximum Gasteiger partial charge on any atom is -0.0252 e. The molecule has 1 aliphatic rings. The Bertz CT molecular complexity index is 188. The van der Waals surface area contributed by atoms with Crippen molar-refractivity contribution in [2.45, 2.75) is 44.4 Å². The second-order valence-electron chi connectivity index (χ2n) is 4.35. The monoisotopic (exact) mass is 193 g/mol. The van der Waals surface area contributed by atoms with Gasteiger partial charge in [-0.05, 0) is 16.7 Å². The molecule has 10 heavy (non-hydrogen) atoms. The van der Waals surface area contributed by atoms with Crippen LogP contribution in [-0.4, -0.2) is 10.3 Å². The van der Waals surface area contributed by atoms with Crippen LogP contribution in [0.25, 0.3) is 0 Å². The molecular formula is C7H14PS2-. The second-order valence-corrected chi connectivity index (χ2v) is 11.9. The van der Waals surface area contributed by atoms with Crippen molar-refractivity contribution in [3.8, 4) is 0 Å². The molecule has 1 saturated heterocycles. The quantitative estimate of drug-likeness (QED) is 0.428. The van der Waals surface area contributed by atoms with Crippen molar-refractivity contribution in [2.75, 3.05) is 0 Å². The number of hydrogen-bond donors (Lipinski definition) is 0. The molecule has 1 aliphatic heterocycles. The predicted octanol–water partition coefficient (Wildman–Crippen LogP) is 2.89. The Hall–Kier alpha value is 1.00. The standard InChI is InChI=1S/C7H15PS2/c1-6(2)5-7(3,4)8(6,9)10/h5H2,1-4H3,(H,9,10)/p-1. The van der Waals surface area contributed by atoms with E-state index in [1.165, 1.54) is 6.42 Å². The fourth-order valence-corrected chi connectivity index (χ4v) is 5.35. The van der Waals surface area contributed by atoms with E-state index in [2.05, 4.69) is 27.7 Å². The lowest BCUT2D eigenvalue weighted by Crippen LogP contribution is -2.47. The van der Waals surface area contributed by atoms with Crippen LogP contribution >= 0.6 is 5.24 Å². The van der Waals surface area contributed by atoms with Gasteiger partial charge in [0.25, 0.3) is 0 Å². The summed E-state index contributed by atoms with van der Waals surface area (Å²) in [7, 11) is 0. The van der Waals surface area contributed by atoms with Crippen molar-refractivity contribution in [1.82, 2.24) is 0 Å². The SMILES string of the molecule is CC1(C)CC(C)(C)P1(=S)[S-]. The molecule has 0 bridgehead atoms. The molecule has 0 saturated carbocycles. The van der Waals surface area contributed by atoms with Gasteiger partial charge in [-0.3, -0.25) is 0 Å². The molecule has 1 heterocycles. The molecule has 0 aromatic carbocycles. The third kappa shape index (κ3) is 0.922. The Kier molecular flexibility index (Phi) is 1.84. The summed E-state index contributed by atoms with van der Waals surface area (Å²) in [6, 6.07) is 0. The van der Waals surface area contributed by atoms with Crippen molar-refractivity contribution in [3.05, 3.63) is 0 Å². The summed E-state index contributed by atoms with van der Waals surface area (Å²) in [6.45, 7) is 8.86. The normalized spacial score (nSPS) is 32.9. The van der Waals surface area contributed by atoms with Crippen LogP contribution in [-0.2, 0) is 24.1 Å². The fraction of sp³-hybridized carbons (Fsp3) is 1.00. The van der Waals surface area contributed by atoms with Crippen LogP contribution in [0.1, 0.15) is 34.1 Å². The number of hydrogen-bond acceptors (Lipinski definition) is 2. The maximum atomic E-state index is 5.47. The lowest BCUT2D eigenvalue weighted by molar-refractivity contribution is 0.458. The first-order chi connectivity index (χ1) is 4.21. The van der Waals surface area contributed by atoms with Crippen molar-refractivity contribution in [3.63, 3.8) is 0 Å². The molecule has 0 atom stereocenters. The zero-order valence-electron chi connectivity index (χ0n) is 6.97. The van der Waals surface area contributed by atoms with Gasteiger partial charge in [-0.1, -0.05) is 27.7 Å². The van der Waals surface area contributed by atoms with Crippen molar-refractivity contribution in [1.29, 1.82) is 0 Å². The third-order valence-corrected chi connectivity index (χ3v) is 11.9. The van der Waals surface area contributed by atoms with Gasteiger partial charge in [-0.25, -0.2) is 0 Å². The van der Waals surface area contributed by atoms with E-state index in [1.807, 2.05) is 0 Å². The molecule has 60 valence electrons. The largest absolute Gasteiger partial charge is 0.745 e. The van der Waals surface area contributed by atoms with Gasteiger partial charge >= 0.3 is 0 Å². The van der Waals surface area contributed by atoms with Gasteiger partial charge in [-0.2, -0.15) is 5.24 Å². The minimum absolute atomic E-state index is 0.293. The van der Waals surface area contributed by atoms with Crippen LogP contribution in [0.2, 0.25) is 0 Å². The molecule has 0 N–H and O–H groups in total. The highest BCUT2D eigenvalue weighted by Gasteiger charge is 2.49. The van der Waals surface area contributed by atoms with E-state index in [0.29, 0.717) is 10.3 Å². The molecule has 0 aromatic rings. The highest BCUT2D eigenvalue weighted by Crippen LogP contribution is 2.78. The Morgan fingerprint density at radius 1 is 1.20 bits per heavy atom. The summed E-state index contributed by atoms with van der Waals surface area (Å²) in [6.07, 6.45) is 1.21. The summed E-state index contributed by atoms with van der Waals surface area (Å²) >= 11 is 10.9. The minimum Gasteiger partial charge on any atom is -0.745 e. The first-order valence-electron chi connectivity index (χ1n) is 3.52. The van der Waals surface area contributed by atoms with Crippen LogP contribution in [0.5, 0.6) is 0 Å². The highest BCUT2D eigenvalue weighted by atomic mass is 32.9. The molecule has 0 radical (unpaired) electrons. The molecule has 0 aliphatic carbocycles. The smallest absolute Gasteiger partial charge is 0.0252 e. The first-order valence-corrected chi connectivity index (χ1v) is 7.34. The van der Waals surface area contributed by atoms with Gasteiger partial charge < -0.3 is 12.2 Å². The lowest BCUT2D eigenvalue weighted by atomic mass is 9.96. The van der Waals surface area contributed by atoms with Gasteiger partial charge in [0, 0.05) is 0 Å². The summed E-state index contributed by atoms with van der Waals surface area (Å²) < 4.78 is 0. The van der Waals surface area contributed by atoms with Crippen LogP contribution in [0.4, 0.5) is 0 Å². The number of rotatable bonds is 0. The molecule has 0 unspecified atom stereocenters. The lowest BCUT2D eigenvalue weighted by Gasteiger charge is -2.67. The van der Waals surface area contributed by atoms with Gasteiger partial charge in [0.2, 0.25) is 0 Å². The summed E-state index contributed by atoms with van der Waals surface area (Å²) in [4.78, 5) is 0. The zero-order chi connectivity index (χ0) is 8.21. The van der Waals surface area contributed by atoms with E-state index in [0.717, 1.165) is 0 Å². The van der Waals surface area contributed by atoms with E-state index in [1.54, 1.807) is 0 Å². The molecule has 3 heteroatoms. The summed E-state index contributed by atoms with van der Waals surface area (Å²) in [5.41, 5.74) is 0. The van der Waals surface area contributed by atoms with Gasteiger partial charge in [0.15, 0.2) is 0 Å². The van der Waals surface area contributed by atoms with Crippen molar-refractivity contribution < 1.29 is 0 Å². The maximum absolute atomic E-state index is 5.47. The van der Waals surface area contributed by atoms with E-state index in [9.17, 15) is 0 Å². The van der Waals surface area contributed by atoms with Crippen LogP contribution in [0, 0.1) is 0 Å². The molecule has 1 fully saturated rings. The highest BCUT2D eigenvalue weighted by molar-refractivity contribution is 8.56. The Morgan fingerprint density at radius 3 is 1.50 bits per heavy atom. The molecule has 0 nitrogen and oxygen atoms in total. The van der Waals surface area contributed by atoms with Gasteiger partial charge in [0.05, 0.1) is 0 Å². The first kappa shape index (κ1) is 9.09. The molecule has 0 spiro atoms. The van der Waals surface area contributed by atoms with E-state index in [4.69, 9.17) is 24.1 Å². The average Bonchev–Trinajstić information content (AvgIpc) is 1.61. The molecule has 0 amide bonds. The predicted molar refractivity (Wildman–Crippen MR) is 54.4 cm³/mol. The van der Waals surface area contributed by atoms with Crippen LogP contribution in [0.3, 0.4) is 0 Å². The van der Waals surface area contributed by atoms with E-state index in [-0.39, 0.29) is 0 Å². The fourth-order valence-electron chi connectivity index (χ4n) is 1.99. The Labute approximate surface area is 73.9 Å². The van der Waals surface area contributed by atoms with Crippen molar-refractivity contribution >= 4 is 29.3 Å². The molecular weight excluding hydrogens is 179 g/mol. The van der Waals surface area contributed by atoms with E-state index >= 15 is 0 Å². The van der Waals surface area contributed by atoms with Crippen LogP contribution in [0.15, 0.2) is 0 Å². The molecule has 1 rings (SSSR count). The van der Waals surface area contributed by atoms with Gasteiger partial charge in [0.1, 0.15) is 0 Å². The van der Waals surface area contributed by atoms with Crippen LogP contribution < -0.4 is 0 Å². The van der Waals surface area contributed by atoms with Crippen molar-refractivity contribution in [2.24, 2.45) is 0 Å². The molecule has 0 aromatic heterocycles. The van der Waals surface area contributed by atoms with E-state index < -0.39 is 5.24 Å². The summed E-state index contributed by atoms with van der Waals surface area (Å²) in [5, 5.41) is -0.870. The topological polar surface area (TPSA) is 0 Å². The average molecular weight is 193 g/mol. The third-order valence-electron chi connectivity index (χ3n) is 2.46. The Balaban J connectivity index is 2.97. The Morgan fingerprint density at radius 2 is 1.50 bits per heavy atom. The van der Waals surface area contributed by atoms with Gasteiger partial charge in [-0.15, -0.1) is 11.8 Å². The zero-order valence-corrected chi connectivity index (χ0v) is 9.50. The minimum atomic E-state index is -1.46. The summed E-state index contributed by atoms with van der Waals surface area (Å²) in [5.74, 6) is 0. The second kappa shape index (κ2) is 2.02.